The van der Waals surface area contributed by atoms with E-state index in [1.54, 1.807) is 0 Å². The molecular formula is C46H28O. The lowest BCUT2D eigenvalue weighted by molar-refractivity contribution is 0.669. The van der Waals surface area contributed by atoms with Crippen LogP contribution < -0.4 is 0 Å². The fourth-order valence-corrected chi connectivity index (χ4v) is 7.76. The van der Waals surface area contributed by atoms with Crippen LogP contribution in [0.4, 0.5) is 0 Å². The van der Waals surface area contributed by atoms with Crippen molar-refractivity contribution in [3.63, 3.8) is 0 Å². The van der Waals surface area contributed by atoms with Crippen LogP contribution in [0.15, 0.2) is 174 Å². The molecule has 10 aromatic rings. The van der Waals surface area contributed by atoms with Crippen LogP contribution in [0.2, 0.25) is 0 Å². The number of hydrogen-bond donors (Lipinski definition) is 0. The lowest BCUT2D eigenvalue weighted by Crippen LogP contribution is -1.92. The summed E-state index contributed by atoms with van der Waals surface area (Å²) in [6.45, 7) is 0. The summed E-state index contributed by atoms with van der Waals surface area (Å²) in [5.74, 6) is 0. The highest BCUT2D eigenvalue weighted by Crippen LogP contribution is 2.46. The van der Waals surface area contributed by atoms with Crippen LogP contribution in [0.5, 0.6) is 0 Å². The molecular weight excluding hydrogens is 569 g/mol. The second kappa shape index (κ2) is 10.2. The number of hydrogen-bond acceptors (Lipinski definition) is 1. The molecule has 1 heterocycles. The van der Waals surface area contributed by atoms with Crippen molar-refractivity contribution in [2.75, 3.05) is 0 Å². The van der Waals surface area contributed by atoms with E-state index in [0.717, 1.165) is 21.9 Å². The van der Waals surface area contributed by atoms with E-state index in [0.29, 0.717) is 0 Å². The van der Waals surface area contributed by atoms with Gasteiger partial charge in [0.1, 0.15) is 11.2 Å². The molecule has 1 heteroatoms. The van der Waals surface area contributed by atoms with E-state index in [4.69, 9.17) is 4.42 Å². The molecule has 0 amide bonds. The molecule has 0 fully saturated rings. The molecule has 0 aliphatic carbocycles. The van der Waals surface area contributed by atoms with Gasteiger partial charge in [0, 0.05) is 10.8 Å². The zero-order chi connectivity index (χ0) is 30.9. The number of rotatable bonds is 3. The Kier molecular flexibility index (Phi) is 5.64. The molecule has 0 unspecified atom stereocenters. The summed E-state index contributed by atoms with van der Waals surface area (Å²) in [6, 6.07) is 61.6. The van der Waals surface area contributed by atoms with Gasteiger partial charge in [-0.05, 0) is 101 Å². The average Bonchev–Trinajstić information content (AvgIpc) is 3.50. The lowest BCUT2D eigenvalue weighted by Gasteiger charge is -2.19. The Bertz CT molecular complexity index is 2790. The van der Waals surface area contributed by atoms with Gasteiger partial charge in [-0.1, -0.05) is 146 Å². The first-order valence-electron chi connectivity index (χ1n) is 16.2. The van der Waals surface area contributed by atoms with Gasteiger partial charge >= 0.3 is 0 Å². The van der Waals surface area contributed by atoms with Gasteiger partial charge in [-0.25, -0.2) is 0 Å². The highest BCUT2D eigenvalue weighted by atomic mass is 16.3. The summed E-state index contributed by atoms with van der Waals surface area (Å²) >= 11 is 0. The summed E-state index contributed by atoms with van der Waals surface area (Å²) in [5, 5.41) is 12.2. The zero-order valence-corrected chi connectivity index (χ0v) is 25.6. The third kappa shape index (κ3) is 3.97. The van der Waals surface area contributed by atoms with Gasteiger partial charge in [0.2, 0.25) is 0 Å². The van der Waals surface area contributed by atoms with Crippen LogP contribution in [0.3, 0.4) is 0 Å². The Hall–Kier alpha value is -6.18. The van der Waals surface area contributed by atoms with Crippen molar-refractivity contribution in [2.45, 2.75) is 0 Å². The molecule has 9 aromatic carbocycles. The van der Waals surface area contributed by atoms with E-state index in [9.17, 15) is 0 Å². The molecule has 218 valence electrons. The van der Waals surface area contributed by atoms with Crippen LogP contribution in [0.1, 0.15) is 0 Å². The Morgan fingerprint density at radius 1 is 0.277 bits per heavy atom. The molecule has 0 bridgehead atoms. The SMILES string of the molecule is c1cc(-c2cccc3ccccc23)cc(-c2c3ccccc3c(-c3cccc4cc5c(cc34)oc3ccccc35)c3ccccc23)c1. The smallest absolute Gasteiger partial charge is 0.136 e. The van der Waals surface area contributed by atoms with Crippen molar-refractivity contribution in [3.8, 4) is 33.4 Å². The van der Waals surface area contributed by atoms with Gasteiger partial charge in [0.05, 0.1) is 0 Å². The molecule has 0 N–H and O–H groups in total. The first-order valence-corrected chi connectivity index (χ1v) is 16.2. The molecule has 0 saturated heterocycles. The van der Waals surface area contributed by atoms with E-state index in [1.165, 1.54) is 76.5 Å². The second-order valence-corrected chi connectivity index (χ2v) is 12.4. The molecule has 0 radical (unpaired) electrons. The Morgan fingerprint density at radius 2 is 0.830 bits per heavy atom. The minimum Gasteiger partial charge on any atom is -0.456 e. The van der Waals surface area contributed by atoms with E-state index in [-0.39, 0.29) is 0 Å². The number of furan rings is 1. The van der Waals surface area contributed by atoms with E-state index >= 15 is 0 Å². The Morgan fingerprint density at radius 3 is 1.60 bits per heavy atom. The van der Waals surface area contributed by atoms with Gasteiger partial charge < -0.3 is 4.42 Å². The molecule has 0 saturated carbocycles. The molecule has 47 heavy (non-hydrogen) atoms. The Labute approximate surface area is 271 Å². The fraction of sp³-hybridized carbons (Fsp3) is 0. The first-order chi connectivity index (χ1) is 23.3. The predicted molar refractivity (Wildman–Crippen MR) is 200 cm³/mol. The Balaban J connectivity index is 1.26. The van der Waals surface area contributed by atoms with Gasteiger partial charge in [-0.2, -0.15) is 0 Å². The van der Waals surface area contributed by atoms with E-state index < -0.39 is 0 Å². The van der Waals surface area contributed by atoms with Gasteiger partial charge in [0.25, 0.3) is 0 Å². The van der Waals surface area contributed by atoms with Crippen LogP contribution >= 0.6 is 0 Å². The quantitative estimate of drug-likeness (QED) is 0.185. The molecule has 0 aliphatic rings. The minimum atomic E-state index is 0.918. The van der Waals surface area contributed by atoms with Crippen molar-refractivity contribution < 1.29 is 4.42 Å². The summed E-state index contributed by atoms with van der Waals surface area (Å²) in [7, 11) is 0. The van der Waals surface area contributed by atoms with Crippen molar-refractivity contribution in [3.05, 3.63) is 170 Å². The maximum atomic E-state index is 6.38. The number of benzene rings is 9. The number of fused-ring (bicyclic) bond motifs is 7. The topological polar surface area (TPSA) is 13.1 Å². The van der Waals surface area contributed by atoms with Crippen LogP contribution in [0, 0.1) is 0 Å². The van der Waals surface area contributed by atoms with Crippen molar-refractivity contribution in [1.29, 1.82) is 0 Å². The van der Waals surface area contributed by atoms with Crippen LogP contribution in [0.25, 0.3) is 98.4 Å². The summed E-state index contributed by atoms with van der Waals surface area (Å²) in [5.41, 5.74) is 9.27. The van der Waals surface area contributed by atoms with Crippen LogP contribution in [-0.2, 0) is 0 Å². The second-order valence-electron chi connectivity index (χ2n) is 12.4. The van der Waals surface area contributed by atoms with Crippen molar-refractivity contribution in [2.24, 2.45) is 0 Å². The molecule has 10 rings (SSSR count). The minimum absolute atomic E-state index is 0.918. The van der Waals surface area contributed by atoms with Crippen molar-refractivity contribution >= 4 is 65.0 Å². The lowest BCUT2D eigenvalue weighted by atomic mass is 9.84. The maximum absolute atomic E-state index is 6.38. The number of para-hydroxylation sites is 1. The fourth-order valence-electron chi connectivity index (χ4n) is 7.76. The largest absolute Gasteiger partial charge is 0.456 e. The molecule has 0 aliphatic heterocycles. The highest BCUT2D eigenvalue weighted by molar-refractivity contribution is 6.24. The third-order valence-electron chi connectivity index (χ3n) is 9.83. The average molecular weight is 597 g/mol. The first kappa shape index (κ1) is 26.1. The molecule has 0 atom stereocenters. The summed E-state index contributed by atoms with van der Waals surface area (Å²) in [4.78, 5) is 0. The van der Waals surface area contributed by atoms with Crippen molar-refractivity contribution in [1.82, 2.24) is 0 Å². The third-order valence-corrected chi connectivity index (χ3v) is 9.83. The van der Waals surface area contributed by atoms with Gasteiger partial charge in [0.15, 0.2) is 0 Å². The normalized spacial score (nSPS) is 11.8. The maximum Gasteiger partial charge on any atom is 0.136 e. The van der Waals surface area contributed by atoms with Crippen LogP contribution in [-0.4, -0.2) is 0 Å². The highest BCUT2D eigenvalue weighted by Gasteiger charge is 2.19. The molecule has 1 nitrogen and oxygen atoms in total. The van der Waals surface area contributed by atoms with E-state index in [2.05, 4.69) is 164 Å². The van der Waals surface area contributed by atoms with Gasteiger partial charge in [-0.15, -0.1) is 0 Å². The predicted octanol–water partition coefficient (Wildman–Crippen LogP) is 13.2. The standard InChI is InChI=1S/C46H28O/c1-2-17-33-29(12-1)13-10-23-34(33)30-14-9-16-32(26-30)45-36-19-3-5-21-38(36)46(39-22-6-4-20-37(39)45)40-24-11-15-31-27-42-35-18-7-8-25-43(35)47-44(42)28-41(31)40/h1-28H. The summed E-state index contributed by atoms with van der Waals surface area (Å²) in [6.07, 6.45) is 0. The van der Waals surface area contributed by atoms with Gasteiger partial charge in [-0.3, -0.25) is 0 Å². The van der Waals surface area contributed by atoms with E-state index in [1.807, 2.05) is 6.07 Å². The molecule has 0 spiro atoms. The zero-order valence-electron chi connectivity index (χ0n) is 25.6. The molecule has 1 aromatic heterocycles. The monoisotopic (exact) mass is 596 g/mol. The summed E-state index contributed by atoms with van der Waals surface area (Å²) < 4.78 is 6.38.